The molecule has 94 valence electrons. The number of nitrogens with one attached hydrogen (secondary N) is 2. The van der Waals surface area contributed by atoms with E-state index in [-0.39, 0.29) is 5.54 Å². The first-order valence-corrected chi connectivity index (χ1v) is 5.86. The minimum atomic E-state index is -0.151. The molecule has 1 aromatic heterocycles. The lowest BCUT2D eigenvalue weighted by molar-refractivity contribution is 0.0539. The third-order valence-electron chi connectivity index (χ3n) is 2.73. The summed E-state index contributed by atoms with van der Waals surface area (Å²) in [5, 5.41) is 3.76. The standard InChI is InChI=1S/C10H16ClN5O/c1-10(3-2-4-17-6-10)15-8-7(11)5-13-9(14-8)16-12/h5H,2-4,6,12H2,1H3,(H2,13,14,15,16). The molecule has 1 aliphatic rings. The normalized spacial score (nSPS) is 24.4. The molecule has 6 nitrogen and oxygen atoms in total. The van der Waals surface area contributed by atoms with Crippen molar-refractivity contribution in [1.82, 2.24) is 9.97 Å². The second-order valence-corrected chi connectivity index (χ2v) is 4.78. The van der Waals surface area contributed by atoms with E-state index in [1.807, 2.05) is 0 Å². The van der Waals surface area contributed by atoms with Gasteiger partial charge in [-0.25, -0.2) is 10.8 Å². The van der Waals surface area contributed by atoms with Crippen molar-refractivity contribution in [2.75, 3.05) is 24.0 Å². The number of hydrogen-bond donors (Lipinski definition) is 3. The Morgan fingerprint density at radius 1 is 1.59 bits per heavy atom. The largest absolute Gasteiger partial charge is 0.379 e. The van der Waals surface area contributed by atoms with Crippen LogP contribution in [0.4, 0.5) is 11.8 Å². The predicted octanol–water partition coefficient (Wildman–Crippen LogP) is 1.40. The fraction of sp³-hybridized carbons (Fsp3) is 0.600. The molecule has 0 radical (unpaired) electrons. The van der Waals surface area contributed by atoms with Gasteiger partial charge in [-0.2, -0.15) is 4.98 Å². The predicted molar refractivity (Wildman–Crippen MR) is 66.9 cm³/mol. The number of halogens is 1. The molecule has 1 atom stereocenters. The Hall–Kier alpha value is -1.11. The van der Waals surface area contributed by atoms with Gasteiger partial charge in [0.1, 0.15) is 5.02 Å². The summed E-state index contributed by atoms with van der Waals surface area (Å²) in [4.78, 5) is 8.11. The summed E-state index contributed by atoms with van der Waals surface area (Å²) in [5.74, 6) is 6.17. The summed E-state index contributed by atoms with van der Waals surface area (Å²) in [5.41, 5.74) is 2.24. The van der Waals surface area contributed by atoms with Crippen LogP contribution in [-0.4, -0.2) is 28.7 Å². The fourth-order valence-corrected chi connectivity index (χ4v) is 1.98. The van der Waals surface area contributed by atoms with Crippen LogP contribution >= 0.6 is 11.6 Å². The molecule has 1 aliphatic heterocycles. The number of rotatable bonds is 3. The minimum absolute atomic E-state index is 0.151. The van der Waals surface area contributed by atoms with Crippen LogP contribution in [-0.2, 0) is 4.74 Å². The van der Waals surface area contributed by atoms with Gasteiger partial charge in [0.05, 0.1) is 18.3 Å². The molecular weight excluding hydrogens is 242 g/mol. The molecule has 0 amide bonds. The summed E-state index contributed by atoms with van der Waals surface area (Å²) in [6, 6.07) is 0. The number of hydrazine groups is 1. The molecule has 17 heavy (non-hydrogen) atoms. The third-order valence-corrected chi connectivity index (χ3v) is 3.01. The highest BCUT2D eigenvalue weighted by molar-refractivity contribution is 6.32. The number of nitrogens with two attached hydrogens (primary N) is 1. The Kier molecular flexibility index (Phi) is 3.66. The second kappa shape index (κ2) is 5.03. The third kappa shape index (κ3) is 2.96. The van der Waals surface area contributed by atoms with E-state index in [2.05, 4.69) is 27.6 Å². The van der Waals surface area contributed by atoms with Crippen molar-refractivity contribution in [2.24, 2.45) is 5.84 Å². The zero-order valence-corrected chi connectivity index (χ0v) is 10.4. The van der Waals surface area contributed by atoms with E-state index in [1.54, 1.807) is 0 Å². The first kappa shape index (κ1) is 12.3. The van der Waals surface area contributed by atoms with Gasteiger partial charge >= 0.3 is 0 Å². The van der Waals surface area contributed by atoms with Gasteiger partial charge in [0.2, 0.25) is 5.95 Å². The van der Waals surface area contributed by atoms with Crippen molar-refractivity contribution >= 4 is 23.4 Å². The molecule has 1 saturated heterocycles. The van der Waals surface area contributed by atoms with E-state index in [4.69, 9.17) is 22.2 Å². The molecule has 2 heterocycles. The maximum atomic E-state index is 6.04. The molecular formula is C10H16ClN5O. The van der Waals surface area contributed by atoms with Crippen LogP contribution in [0, 0.1) is 0 Å². The summed E-state index contributed by atoms with van der Waals surface area (Å²) in [6.45, 7) is 3.53. The van der Waals surface area contributed by atoms with Crippen molar-refractivity contribution < 1.29 is 4.74 Å². The molecule has 0 spiro atoms. The second-order valence-electron chi connectivity index (χ2n) is 4.38. The molecule has 1 aromatic rings. The minimum Gasteiger partial charge on any atom is -0.379 e. The number of nitrogen functional groups attached to an aromatic ring is 1. The lowest BCUT2D eigenvalue weighted by atomic mass is 9.95. The maximum Gasteiger partial charge on any atom is 0.239 e. The molecule has 0 aromatic carbocycles. The molecule has 4 N–H and O–H groups in total. The van der Waals surface area contributed by atoms with Gasteiger partial charge in [0, 0.05) is 6.61 Å². The topological polar surface area (TPSA) is 85.1 Å². The highest BCUT2D eigenvalue weighted by Crippen LogP contribution is 2.27. The van der Waals surface area contributed by atoms with Crippen LogP contribution in [0.3, 0.4) is 0 Å². The molecule has 1 fully saturated rings. The van der Waals surface area contributed by atoms with Crippen molar-refractivity contribution in [3.05, 3.63) is 11.2 Å². The Morgan fingerprint density at radius 3 is 3.06 bits per heavy atom. The van der Waals surface area contributed by atoms with Crippen LogP contribution in [0.15, 0.2) is 6.20 Å². The zero-order chi connectivity index (χ0) is 12.3. The van der Waals surface area contributed by atoms with Crippen molar-refractivity contribution in [3.8, 4) is 0 Å². The molecule has 2 rings (SSSR count). The first-order chi connectivity index (χ1) is 8.13. The monoisotopic (exact) mass is 257 g/mol. The number of aromatic nitrogens is 2. The van der Waals surface area contributed by atoms with Gasteiger partial charge < -0.3 is 10.1 Å². The van der Waals surface area contributed by atoms with E-state index in [1.165, 1.54) is 6.20 Å². The van der Waals surface area contributed by atoms with Gasteiger partial charge in [0.15, 0.2) is 5.82 Å². The summed E-state index contributed by atoms with van der Waals surface area (Å²) >= 11 is 6.04. The quantitative estimate of drug-likeness (QED) is 0.561. The summed E-state index contributed by atoms with van der Waals surface area (Å²) < 4.78 is 5.46. The van der Waals surface area contributed by atoms with E-state index >= 15 is 0 Å². The summed E-state index contributed by atoms with van der Waals surface area (Å²) in [7, 11) is 0. The number of anilines is 2. The van der Waals surface area contributed by atoms with E-state index in [0.29, 0.717) is 23.4 Å². The van der Waals surface area contributed by atoms with Crippen molar-refractivity contribution in [3.63, 3.8) is 0 Å². The van der Waals surface area contributed by atoms with Crippen LogP contribution in [0.1, 0.15) is 19.8 Å². The van der Waals surface area contributed by atoms with Crippen LogP contribution < -0.4 is 16.6 Å². The molecule has 0 aliphatic carbocycles. The lowest BCUT2D eigenvalue weighted by Gasteiger charge is -2.35. The first-order valence-electron chi connectivity index (χ1n) is 5.48. The lowest BCUT2D eigenvalue weighted by Crippen LogP contribution is -2.43. The molecule has 0 saturated carbocycles. The highest BCUT2D eigenvalue weighted by Gasteiger charge is 2.28. The number of nitrogens with zero attached hydrogens (tertiary/aromatic N) is 2. The Balaban J connectivity index is 2.16. The van der Waals surface area contributed by atoms with Crippen molar-refractivity contribution in [2.45, 2.75) is 25.3 Å². The fourth-order valence-electron chi connectivity index (χ4n) is 1.84. The van der Waals surface area contributed by atoms with E-state index in [0.717, 1.165) is 19.4 Å². The Labute approximate surface area is 105 Å². The summed E-state index contributed by atoms with van der Waals surface area (Å²) in [6.07, 6.45) is 3.55. The average Bonchev–Trinajstić information content (AvgIpc) is 2.33. The van der Waals surface area contributed by atoms with Gasteiger partial charge in [-0.05, 0) is 19.8 Å². The van der Waals surface area contributed by atoms with Gasteiger partial charge in [0.25, 0.3) is 0 Å². The van der Waals surface area contributed by atoms with Crippen molar-refractivity contribution in [1.29, 1.82) is 0 Å². The van der Waals surface area contributed by atoms with E-state index in [9.17, 15) is 0 Å². The average molecular weight is 258 g/mol. The number of hydrogen-bond acceptors (Lipinski definition) is 6. The maximum absolute atomic E-state index is 6.04. The highest BCUT2D eigenvalue weighted by atomic mass is 35.5. The van der Waals surface area contributed by atoms with Crippen LogP contribution in [0.5, 0.6) is 0 Å². The van der Waals surface area contributed by atoms with Gasteiger partial charge in [-0.1, -0.05) is 11.6 Å². The zero-order valence-electron chi connectivity index (χ0n) is 9.66. The smallest absolute Gasteiger partial charge is 0.239 e. The van der Waals surface area contributed by atoms with Crippen LogP contribution in [0.25, 0.3) is 0 Å². The molecule has 0 bridgehead atoms. The van der Waals surface area contributed by atoms with Gasteiger partial charge in [-0.3, -0.25) is 5.43 Å². The Morgan fingerprint density at radius 2 is 2.41 bits per heavy atom. The van der Waals surface area contributed by atoms with Crippen LogP contribution in [0.2, 0.25) is 5.02 Å². The van der Waals surface area contributed by atoms with E-state index < -0.39 is 0 Å². The van der Waals surface area contributed by atoms with Gasteiger partial charge in [-0.15, -0.1) is 0 Å². The Bertz CT molecular complexity index is 394. The molecule has 1 unspecified atom stereocenters. The molecule has 7 heteroatoms. The SMILES string of the molecule is CC1(Nc2nc(NN)ncc2Cl)CCCOC1. The number of ether oxygens (including phenoxy) is 1.